The van der Waals surface area contributed by atoms with E-state index < -0.39 is 0 Å². The molecule has 0 atom stereocenters. The molecule has 2 aromatic carbocycles. The van der Waals surface area contributed by atoms with E-state index in [0.717, 1.165) is 18.5 Å². The van der Waals surface area contributed by atoms with Crippen molar-refractivity contribution in [2.24, 2.45) is 0 Å². The number of amides is 2. The number of carbonyl (C=O) groups excluding carboxylic acids is 2. The second kappa shape index (κ2) is 10.4. The minimum atomic E-state index is -0.216. The van der Waals surface area contributed by atoms with Gasteiger partial charge in [0, 0.05) is 25.3 Å². The SMILES string of the molecule is CCCCCCOc1ccccc1C(=O)Nc1ccc(N(C)C(C)=O)cc1. The number of unbranched alkanes of at least 4 members (excludes halogenated alkanes) is 3. The number of hydrogen-bond acceptors (Lipinski definition) is 3. The highest BCUT2D eigenvalue weighted by molar-refractivity contribution is 6.06. The molecule has 2 rings (SSSR count). The lowest BCUT2D eigenvalue weighted by molar-refractivity contribution is -0.116. The summed E-state index contributed by atoms with van der Waals surface area (Å²) in [6.07, 6.45) is 4.49. The topological polar surface area (TPSA) is 58.6 Å². The van der Waals surface area contributed by atoms with Crippen molar-refractivity contribution < 1.29 is 14.3 Å². The largest absolute Gasteiger partial charge is 0.493 e. The van der Waals surface area contributed by atoms with E-state index >= 15 is 0 Å². The third kappa shape index (κ3) is 6.13. The molecule has 0 fully saturated rings. The van der Waals surface area contributed by atoms with Gasteiger partial charge in [-0.05, 0) is 42.8 Å². The minimum absolute atomic E-state index is 0.0446. The molecule has 144 valence electrons. The van der Waals surface area contributed by atoms with Crippen molar-refractivity contribution in [3.8, 4) is 5.75 Å². The first-order chi connectivity index (χ1) is 13.0. The van der Waals surface area contributed by atoms with Gasteiger partial charge in [-0.25, -0.2) is 0 Å². The smallest absolute Gasteiger partial charge is 0.259 e. The lowest BCUT2D eigenvalue weighted by Crippen LogP contribution is -2.22. The van der Waals surface area contributed by atoms with E-state index in [4.69, 9.17) is 4.74 Å². The third-order valence-electron chi connectivity index (χ3n) is 4.37. The van der Waals surface area contributed by atoms with E-state index in [1.165, 1.54) is 19.8 Å². The maximum atomic E-state index is 12.6. The summed E-state index contributed by atoms with van der Waals surface area (Å²) in [5, 5.41) is 2.88. The van der Waals surface area contributed by atoms with Gasteiger partial charge >= 0.3 is 0 Å². The maximum absolute atomic E-state index is 12.6. The summed E-state index contributed by atoms with van der Waals surface area (Å²) in [5.41, 5.74) is 1.95. The van der Waals surface area contributed by atoms with Crippen LogP contribution in [-0.4, -0.2) is 25.5 Å². The Hall–Kier alpha value is -2.82. The van der Waals surface area contributed by atoms with Crippen molar-refractivity contribution in [1.82, 2.24) is 0 Å². The Balaban J connectivity index is 2.00. The molecule has 0 saturated carbocycles. The van der Waals surface area contributed by atoms with E-state index in [9.17, 15) is 9.59 Å². The van der Waals surface area contributed by atoms with Crippen molar-refractivity contribution in [3.05, 3.63) is 54.1 Å². The summed E-state index contributed by atoms with van der Waals surface area (Å²) in [7, 11) is 1.71. The highest BCUT2D eigenvalue weighted by atomic mass is 16.5. The van der Waals surface area contributed by atoms with Crippen molar-refractivity contribution >= 4 is 23.2 Å². The predicted molar refractivity (Wildman–Crippen MR) is 110 cm³/mol. The fraction of sp³-hybridized carbons (Fsp3) is 0.364. The zero-order chi connectivity index (χ0) is 19.6. The number of carbonyl (C=O) groups is 2. The van der Waals surface area contributed by atoms with Gasteiger partial charge in [0.2, 0.25) is 5.91 Å². The van der Waals surface area contributed by atoms with Gasteiger partial charge in [-0.3, -0.25) is 9.59 Å². The first-order valence-corrected chi connectivity index (χ1v) is 9.40. The van der Waals surface area contributed by atoms with Crippen LogP contribution in [0.5, 0.6) is 5.75 Å². The van der Waals surface area contributed by atoms with Gasteiger partial charge in [-0.15, -0.1) is 0 Å². The summed E-state index contributed by atoms with van der Waals surface area (Å²) >= 11 is 0. The van der Waals surface area contributed by atoms with Crippen LogP contribution in [0.2, 0.25) is 0 Å². The Morgan fingerprint density at radius 1 is 1.00 bits per heavy atom. The lowest BCUT2D eigenvalue weighted by Gasteiger charge is -2.16. The van der Waals surface area contributed by atoms with Gasteiger partial charge in [-0.1, -0.05) is 38.3 Å². The van der Waals surface area contributed by atoms with Crippen LogP contribution >= 0.6 is 0 Å². The first kappa shape index (κ1) is 20.5. The molecule has 0 bridgehead atoms. The Labute approximate surface area is 161 Å². The summed E-state index contributed by atoms with van der Waals surface area (Å²) in [5.74, 6) is 0.336. The lowest BCUT2D eigenvalue weighted by atomic mass is 10.1. The molecule has 27 heavy (non-hydrogen) atoms. The molecule has 2 aromatic rings. The molecule has 0 aromatic heterocycles. The maximum Gasteiger partial charge on any atom is 0.259 e. The molecule has 5 nitrogen and oxygen atoms in total. The second-order valence-electron chi connectivity index (χ2n) is 6.48. The molecule has 0 unspecified atom stereocenters. The molecule has 2 amide bonds. The van der Waals surface area contributed by atoms with Crippen LogP contribution in [0.1, 0.15) is 49.9 Å². The number of benzene rings is 2. The van der Waals surface area contributed by atoms with Crippen LogP contribution < -0.4 is 15.0 Å². The monoisotopic (exact) mass is 368 g/mol. The molecule has 0 saturated heterocycles. The Bertz CT molecular complexity index is 756. The van der Waals surface area contributed by atoms with Crippen LogP contribution in [0.15, 0.2) is 48.5 Å². The highest BCUT2D eigenvalue weighted by Crippen LogP contribution is 2.22. The normalized spacial score (nSPS) is 10.3. The molecule has 0 heterocycles. The zero-order valence-electron chi connectivity index (χ0n) is 16.3. The van der Waals surface area contributed by atoms with Gasteiger partial charge in [0.05, 0.1) is 12.2 Å². The molecule has 1 N–H and O–H groups in total. The van der Waals surface area contributed by atoms with Crippen molar-refractivity contribution in [2.45, 2.75) is 39.5 Å². The zero-order valence-corrected chi connectivity index (χ0v) is 16.3. The van der Waals surface area contributed by atoms with Gasteiger partial charge < -0.3 is 15.0 Å². The molecular formula is C22H28N2O3. The number of nitrogens with zero attached hydrogens (tertiary/aromatic N) is 1. The van der Waals surface area contributed by atoms with Crippen LogP contribution in [0.25, 0.3) is 0 Å². The summed E-state index contributed by atoms with van der Waals surface area (Å²) in [6, 6.07) is 14.4. The van der Waals surface area contributed by atoms with E-state index in [-0.39, 0.29) is 11.8 Å². The van der Waals surface area contributed by atoms with Gasteiger partial charge in [-0.2, -0.15) is 0 Å². The summed E-state index contributed by atoms with van der Waals surface area (Å²) < 4.78 is 5.81. The Kier molecular flexibility index (Phi) is 7.86. The minimum Gasteiger partial charge on any atom is -0.493 e. The summed E-state index contributed by atoms with van der Waals surface area (Å²) in [6.45, 7) is 4.29. The molecule has 5 heteroatoms. The van der Waals surface area contributed by atoms with Crippen LogP contribution in [-0.2, 0) is 4.79 Å². The Morgan fingerprint density at radius 3 is 2.37 bits per heavy atom. The standard InChI is InChI=1S/C22H28N2O3/c1-4-5-6-9-16-27-21-11-8-7-10-20(21)22(26)23-18-12-14-19(15-13-18)24(3)17(2)25/h7-8,10-15H,4-6,9,16H2,1-3H3,(H,23,26). The molecule has 0 aliphatic carbocycles. The predicted octanol–water partition coefficient (Wildman–Crippen LogP) is 4.88. The van der Waals surface area contributed by atoms with Gasteiger partial charge in [0.15, 0.2) is 0 Å². The highest BCUT2D eigenvalue weighted by Gasteiger charge is 2.13. The molecule has 0 spiro atoms. The third-order valence-corrected chi connectivity index (χ3v) is 4.37. The molecule has 0 radical (unpaired) electrons. The Morgan fingerprint density at radius 2 is 1.70 bits per heavy atom. The average molecular weight is 368 g/mol. The summed E-state index contributed by atoms with van der Waals surface area (Å²) in [4.78, 5) is 25.6. The number of nitrogens with one attached hydrogen (secondary N) is 1. The average Bonchev–Trinajstić information content (AvgIpc) is 2.68. The number of ether oxygens (including phenoxy) is 1. The quantitative estimate of drug-likeness (QED) is 0.642. The number of para-hydroxylation sites is 1. The van der Waals surface area contributed by atoms with Crippen molar-refractivity contribution in [2.75, 3.05) is 23.9 Å². The van der Waals surface area contributed by atoms with E-state index in [1.54, 1.807) is 42.3 Å². The van der Waals surface area contributed by atoms with Gasteiger partial charge in [0.1, 0.15) is 5.75 Å². The number of rotatable bonds is 9. The second-order valence-corrected chi connectivity index (χ2v) is 6.48. The molecular weight excluding hydrogens is 340 g/mol. The van der Waals surface area contributed by atoms with Crippen LogP contribution in [0.3, 0.4) is 0 Å². The first-order valence-electron chi connectivity index (χ1n) is 9.40. The molecule has 0 aliphatic heterocycles. The van der Waals surface area contributed by atoms with Crippen LogP contribution in [0.4, 0.5) is 11.4 Å². The number of hydrogen-bond donors (Lipinski definition) is 1. The fourth-order valence-corrected chi connectivity index (χ4v) is 2.64. The van der Waals surface area contributed by atoms with E-state index in [0.29, 0.717) is 23.6 Å². The van der Waals surface area contributed by atoms with Crippen LogP contribution in [0, 0.1) is 0 Å². The molecule has 0 aliphatic rings. The van der Waals surface area contributed by atoms with Crippen molar-refractivity contribution in [1.29, 1.82) is 0 Å². The van der Waals surface area contributed by atoms with Crippen molar-refractivity contribution in [3.63, 3.8) is 0 Å². The van der Waals surface area contributed by atoms with E-state index in [1.807, 2.05) is 18.2 Å². The van der Waals surface area contributed by atoms with E-state index in [2.05, 4.69) is 12.2 Å². The van der Waals surface area contributed by atoms with Gasteiger partial charge in [0.25, 0.3) is 5.91 Å². The number of anilines is 2. The fourth-order valence-electron chi connectivity index (χ4n) is 2.64.